The van der Waals surface area contributed by atoms with Gasteiger partial charge in [0.2, 0.25) is 5.91 Å². The molecule has 0 radical (unpaired) electrons. The summed E-state index contributed by atoms with van der Waals surface area (Å²) < 4.78 is 1.84. The first kappa shape index (κ1) is 12.1. The number of nitrogens with one attached hydrogen (secondary N) is 1. The van der Waals surface area contributed by atoms with E-state index in [0.717, 1.165) is 18.5 Å². The SMILES string of the molecule is CC(C(=O)NC1CC1)n1cncc1C(C)(C)N. The van der Waals surface area contributed by atoms with Gasteiger partial charge in [0.15, 0.2) is 0 Å². The van der Waals surface area contributed by atoms with Gasteiger partial charge in [-0.05, 0) is 33.6 Å². The first-order valence-electron chi connectivity index (χ1n) is 6.01. The first-order chi connectivity index (χ1) is 7.89. The number of carbonyl (C=O) groups excluding carboxylic acids is 1. The van der Waals surface area contributed by atoms with Crippen molar-refractivity contribution >= 4 is 5.91 Å². The molecule has 0 saturated heterocycles. The van der Waals surface area contributed by atoms with E-state index >= 15 is 0 Å². The summed E-state index contributed by atoms with van der Waals surface area (Å²) in [5.74, 6) is 0.0380. The van der Waals surface area contributed by atoms with Gasteiger partial charge < -0.3 is 15.6 Å². The molecule has 1 saturated carbocycles. The number of carbonyl (C=O) groups is 1. The van der Waals surface area contributed by atoms with Crippen molar-refractivity contribution in [2.24, 2.45) is 5.73 Å². The normalized spacial score (nSPS) is 17.9. The lowest BCUT2D eigenvalue weighted by molar-refractivity contribution is -0.124. The molecule has 0 aliphatic heterocycles. The van der Waals surface area contributed by atoms with Gasteiger partial charge in [0.05, 0.1) is 23.8 Å². The van der Waals surface area contributed by atoms with Crippen LogP contribution in [0.3, 0.4) is 0 Å². The third-order valence-corrected chi connectivity index (χ3v) is 3.05. The number of nitrogens with zero attached hydrogens (tertiary/aromatic N) is 2. The van der Waals surface area contributed by atoms with E-state index < -0.39 is 5.54 Å². The van der Waals surface area contributed by atoms with E-state index in [1.54, 1.807) is 12.5 Å². The van der Waals surface area contributed by atoms with Crippen LogP contribution in [0.25, 0.3) is 0 Å². The van der Waals surface area contributed by atoms with Crippen LogP contribution in [-0.4, -0.2) is 21.5 Å². The maximum atomic E-state index is 12.0. The third kappa shape index (κ3) is 2.66. The Bertz CT molecular complexity index is 414. The van der Waals surface area contributed by atoms with Gasteiger partial charge >= 0.3 is 0 Å². The van der Waals surface area contributed by atoms with Gasteiger partial charge in [-0.15, -0.1) is 0 Å². The standard InChI is InChI=1S/C12H20N4O/c1-8(11(17)15-9-4-5-9)16-7-14-6-10(16)12(2,3)13/h6-9H,4-5,13H2,1-3H3,(H,15,17). The highest BCUT2D eigenvalue weighted by molar-refractivity contribution is 5.80. The topological polar surface area (TPSA) is 72.9 Å². The lowest BCUT2D eigenvalue weighted by Crippen LogP contribution is -2.37. The zero-order valence-electron chi connectivity index (χ0n) is 10.6. The Morgan fingerprint density at radius 2 is 2.29 bits per heavy atom. The number of aromatic nitrogens is 2. The van der Waals surface area contributed by atoms with E-state index in [1.165, 1.54) is 0 Å². The van der Waals surface area contributed by atoms with E-state index in [0.29, 0.717) is 6.04 Å². The molecule has 2 rings (SSSR count). The van der Waals surface area contributed by atoms with Crippen molar-refractivity contribution in [3.8, 4) is 0 Å². The van der Waals surface area contributed by atoms with Gasteiger partial charge in [-0.2, -0.15) is 0 Å². The van der Waals surface area contributed by atoms with Crippen LogP contribution < -0.4 is 11.1 Å². The van der Waals surface area contributed by atoms with Crippen molar-refractivity contribution < 1.29 is 4.79 Å². The summed E-state index contributed by atoms with van der Waals surface area (Å²) in [4.78, 5) is 16.1. The lowest BCUT2D eigenvalue weighted by Gasteiger charge is -2.24. The molecule has 0 spiro atoms. The largest absolute Gasteiger partial charge is 0.352 e. The van der Waals surface area contributed by atoms with Gasteiger partial charge in [0.1, 0.15) is 6.04 Å². The molecule has 1 amide bonds. The summed E-state index contributed by atoms with van der Waals surface area (Å²) in [6.07, 6.45) is 5.58. The zero-order chi connectivity index (χ0) is 12.6. The van der Waals surface area contributed by atoms with E-state index in [4.69, 9.17) is 5.73 Å². The predicted octanol–water partition coefficient (Wildman–Crippen LogP) is 0.916. The average molecular weight is 236 g/mol. The van der Waals surface area contributed by atoms with Crippen molar-refractivity contribution in [3.63, 3.8) is 0 Å². The Balaban J connectivity index is 2.15. The summed E-state index contributed by atoms with van der Waals surface area (Å²) in [6.45, 7) is 5.69. The van der Waals surface area contributed by atoms with Crippen LogP contribution in [0.1, 0.15) is 45.3 Å². The number of amides is 1. The Hall–Kier alpha value is -1.36. The Kier molecular flexibility index (Phi) is 2.95. The second-order valence-corrected chi connectivity index (χ2v) is 5.37. The van der Waals surface area contributed by atoms with Crippen molar-refractivity contribution in [2.75, 3.05) is 0 Å². The minimum absolute atomic E-state index is 0.0380. The zero-order valence-corrected chi connectivity index (χ0v) is 10.6. The summed E-state index contributed by atoms with van der Waals surface area (Å²) in [5, 5.41) is 2.99. The van der Waals surface area contributed by atoms with Crippen LogP contribution >= 0.6 is 0 Å². The fraction of sp³-hybridized carbons (Fsp3) is 0.667. The van der Waals surface area contributed by atoms with Crippen LogP contribution in [0.2, 0.25) is 0 Å². The van der Waals surface area contributed by atoms with Crippen molar-refractivity contribution in [2.45, 2.75) is 51.2 Å². The second kappa shape index (κ2) is 4.14. The Labute approximate surface area is 101 Å². The minimum atomic E-state index is -0.495. The molecule has 17 heavy (non-hydrogen) atoms. The molecule has 1 unspecified atom stereocenters. The van der Waals surface area contributed by atoms with Crippen molar-refractivity contribution in [1.29, 1.82) is 0 Å². The van der Waals surface area contributed by atoms with Gasteiger partial charge in [0.25, 0.3) is 0 Å². The molecular weight excluding hydrogens is 216 g/mol. The molecule has 0 bridgehead atoms. The summed E-state index contributed by atoms with van der Waals surface area (Å²) in [5.41, 5.74) is 6.44. The Morgan fingerprint density at radius 3 is 2.82 bits per heavy atom. The van der Waals surface area contributed by atoms with Crippen LogP contribution in [0.5, 0.6) is 0 Å². The molecule has 0 aromatic carbocycles. The molecule has 1 aliphatic carbocycles. The third-order valence-electron chi connectivity index (χ3n) is 3.05. The molecule has 3 N–H and O–H groups in total. The second-order valence-electron chi connectivity index (χ2n) is 5.37. The highest BCUT2D eigenvalue weighted by atomic mass is 16.2. The molecule has 1 aromatic heterocycles. The highest BCUT2D eigenvalue weighted by Crippen LogP contribution is 2.23. The molecule has 5 nitrogen and oxygen atoms in total. The van der Waals surface area contributed by atoms with E-state index in [9.17, 15) is 4.79 Å². The number of rotatable bonds is 4. The fourth-order valence-electron chi connectivity index (χ4n) is 1.79. The van der Waals surface area contributed by atoms with Crippen LogP contribution in [0.4, 0.5) is 0 Å². The van der Waals surface area contributed by atoms with E-state index in [2.05, 4.69) is 10.3 Å². The van der Waals surface area contributed by atoms with Crippen LogP contribution in [0, 0.1) is 0 Å². The molecule has 1 heterocycles. The first-order valence-corrected chi connectivity index (χ1v) is 6.01. The molecular formula is C12H20N4O. The quantitative estimate of drug-likeness (QED) is 0.816. The number of nitrogens with two attached hydrogens (primary N) is 1. The maximum absolute atomic E-state index is 12.0. The summed E-state index contributed by atoms with van der Waals surface area (Å²) >= 11 is 0. The molecule has 1 atom stereocenters. The summed E-state index contributed by atoms with van der Waals surface area (Å²) in [6, 6.07) is 0.110. The summed E-state index contributed by atoms with van der Waals surface area (Å²) in [7, 11) is 0. The number of hydrogen-bond acceptors (Lipinski definition) is 3. The number of hydrogen-bond donors (Lipinski definition) is 2. The smallest absolute Gasteiger partial charge is 0.243 e. The molecule has 5 heteroatoms. The monoisotopic (exact) mass is 236 g/mol. The molecule has 1 fully saturated rings. The minimum Gasteiger partial charge on any atom is -0.352 e. The van der Waals surface area contributed by atoms with E-state index in [1.807, 2.05) is 25.3 Å². The van der Waals surface area contributed by atoms with Gasteiger partial charge in [-0.3, -0.25) is 4.79 Å². The maximum Gasteiger partial charge on any atom is 0.243 e. The molecule has 1 aliphatic rings. The van der Waals surface area contributed by atoms with E-state index in [-0.39, 0.29) is 11.9 Å². The van der Waals surface area contributed by atoms with Crippen molar-refractivity contribution in [3.05, 3.63) is 18.2 Å². The van der Waals surface area contributed by atoms with Gasteiger partial charge in [-0.1, -0.05) is 0 Å². The van der Waals surface area contributed by atoms with Crippen LogP contribution in [0.15, 0.2) is 12.5 Å². The highest BCUT2D eigenvalue weighted by Gasteiger charge is 2.28. The predicted molar refractivity (Wildman–Crippen MR) is 65.3 cm³/mol. The fourth-order valence-corrected chi connectivity index (χ4v) is 1.79. The van der Waals surface area contributed by atoms with Crippen molar-refractivity contribution in [1.82, 2.24) is 14.9 Å². The number of imidazole rings is 1. The lowest BCUT2D eigenvalue weighted by atomic mass is 10.0. The molecule has 94 valence electrons. The average Bonchev–Trinajstić information content (AvgIpc) is 2.89. The van der Waals surface area contributed by atoms with Gasteiger partial charge in [0, 0.05) is 6.04 Å². The van der Waals surface area contributed by atoms with Gasteiger partial charge in [-0.25, -0.2) is 4.98 Å². The molecule has 1 aromatic rings. The van der Waals surface area contributed by atoms with Crippen LogP contribution in [-0.2, 0) is 10.3 Å². The Morgan fingerprint density at radius 1 is 1.65 bits per heavy atom.